The van der Waals surface area contributed by atoms with E-state index in [1.54, 1.807) is 7.11 Å². The van der Waals surface area contributed by atoms with Gasteiger partial charge >= 0.3 is 0 Å². The summed E-state index contributed by atoms with van der Waals surface area (Å²) in [5, 5.41) is 0. The third-order valence-electron chi connectivity index (χ3n) is 2.92. The number of ether oxygens (including phenoxy) is 1. The van der Waals surface area contributed by atoms with Gasteiger partial charge in [-0.1, -0.05) is 20.8 Å². The Bertz CT molecular complexity index is 428. The number of aromatic nitrogens is 2. The molecule has 108 valence electrons. The number of nitrogen functional groups attached to an aromatic ring is 1. The quantitative estimate of drug-likeness (QED) is 0.621. The van der Waals surface area contributed by atoms with Gasteiger partial charge in [-0.2, -0.15) is 0 Å². The lowest BCUT2D eigenvalue weighted by molar-refractivity contribution is 0.206. The van der Waals surface area contributed by atoms with Crippen LogP contribution in [0.5, 0.6) is 0 Å². The van der Waals surface area contributed by atoms with Gasteiger partial charge in [-0.15, -0.1) is 0 Å². The fraction of sp³-hybridized carbons (Fsp3) is 0.692. The summed E-state index contributed by atoms with van der Waals surface area (Å²) in [5.41, 5.74) is 3.46. The van der Waals surface area contributed by atoms with Crippen molar-refractivity contribution in [2.75, 3.05) is 37.6 Å². The van der Waals surface area contributed by atoms with Crippen molar-refractivity contribution in [1.29, 1.82) is 0 Å². The SMILES string of the molecule is COCCN(C)c1nc(C(C)(C)C)nc(NN)c1C. The van der Waals surface area contributed by atoms with Crippen molar-refractivity contribution in [3.05, 3.63) is 11.4 Å². The van der Waals surface area contributed by atoms with Crippen LogP contribution in [0.3, 0.4) is 0 Å². The molecular weight excluding hydrogens is 242 g/mol. The first-order valence-electron chi connectivity index (χ1n) is 6.37. The predicted molar refractivity (Wildman–Crippen MR) is 78.4 cm³/mol. The number of nitrogens with one attached hydrogen (secondary N) is 1. The number of hydrogen-bond donors (Lipinski definition) is 2. The van der Waals surface area contributed by atoms with E-state index < -0.39 is 0 Å². The molecule has 0 saturated heterocycles. The van der Waals surface area contributed by atoms with Gasteiger partial charge in [0.2, 0.25) is 0 Å². The van der Waals surface area contributed by atoms with Crippen LogP contribution in [0.1, 0.15) is 32.2 Å². The molecule has 0 bridgehead atoms. The van der Waals surface area contributed by atoms with Gasteiger partial charge in [0.15, 0.2) is 0 Å². The van der Waals surface area contributed by atoms with Crippen LogP contribution in [-0.4, -0.2) is 37.3 Å². The second-order valence-corrected chi connectivity index (χ2v) is 5.65. The maximum atomic E-state index is 5.55. The molecule has 0 radical (unpaired) electrons. The van der Waals surface area contributed by atoms with Gasteiger partial charge in [0.05, 0.1) is 6.61 Å². The fourth-order valence-corrected chi connectivity index (χ4v) is 1.69. The Morgan fingerprint density at radius 2 is 1.95 bits per heavy atom. The molecule has 0 saturated carbocycles. The monoisotopic (exact) mass is 267 g/mol. The van der Waals surface area contributed by atoms with Gasteiger partial charge in [-0.05, 0) is 6.92 Å². The van der Waals surface area contributed by atoms with E-state index in [1.807, 2.05) is 14.0 Å². The number of methoxy groups -OCH3 is 1. The van der Waals surface area contributed by atoms with Gasteiger partial charge in [0.25, 0.3) is 0 Å². The van der Waals surface area contributed by atoms with Crippen molar-refractivity contribution in [2.45, 2.75) is 33.1 Å². The largest absolute Gasteiger partial charge is 0.383 e. The molecule has 1 heterocycles. The molecule has 1 rings (SSSR count). The number of likely N-dealkylation sites (N-methyl/N-ethyl adjacent to an activating group) is 1. The molecule has 0 aliphatic heterocycles. The van der Waals surface area contributed by atoms with E-state index in [-0.39, 0.29) is 5.41 Å². The van der Waals surface area contributed by atoms with Crippen LogP contribution < -0.4 is 16.2 Å². The number of rotatable bonds is 5. The maximum Gasteiger partial charge on any atom is 0.148 e. The average molecular weight is 267 g/mol. The van der Waals surface area contributed by atoms with E-state index in [2.05, 4.69) is 41.1 Å². The molecule has 0 atom stereocenters. The number of hydrogen-bond acceptors (Lipinski definition) is 6. The molecule has 19 heavy (non-hydrogen) atoms. The zero-order valence-corrected chi connectivity index (χ0v) is 12.7. The lowest BCUT2D eigenvalue weighted by Gasteiger charge is -2.25. The smallest absolute Gasteiger partial charge is 0.148 e. The first-order chi connectivity index (χ1) is 8.81. The Labute approximate surface area is 115 Å². The van der Waals surface area contributed by atoms with Crippen molar-refractivity contribution >= 4 is 11.6 Å². The highest BCUT2D eigenvalue weighted by Gasteiger charge is 2.22. The minimum Gasteiger partial charge on any atom is -0.383 e. The summed E-state index contributed by atoms with van der Waals surface area (Å²) in [6.07, 6.45) is 0. The lowest BCUT2D eigenvalue weighted by Crippen LogP contribution is -2.27. The van der Waals surface area contributed by atoms with E-state index in [0.717, 1.165) is 23.8 Å². The van der Waals surface area contributed by atoms with Crippen molar-refractivity contribution in [1.82, 2.24) is 9.97 Å². The van der Waals surface area contributed by atoms with Gasteiger partial charge in [0.1, 0.15) is 17.5 Å². The highest BCUT2D eigenvalue weighted by atomic mass is 16.5. The molecule has 0 amide bonds. The highest BCUT2D eigenvalue weighted by molar-refractivity contribution is 5.58. The normalized spacial score (nSPS) is 11.5. The summed E-state index contributed by atoms with van der Waals surface area (Å²) in [7, 11) is 3.68. The lowest BCUT2D eigenvalue weighted by atomic mass is 9.95. The molecule has 0 aromatic carbocycles. The van der Waals surface area contributed by atoms with Gasteiger partial charge in [0, 0.05) is 31.7 Å². The Kier molecular flexibility index (Phi) is 5.08. The van der Waals surface area contributed by atoms with Crippen LogP contribution >= 0.6 is 0 Å². The molecule has 0 aliphatic carbocycles. The van der Waals surface area contributed by atoms with Crippen LogP contribution in [0, 0.1) is 6.92 Å². The van der Waals surface area contributed by atoms with Crippen molar-refractivity contribution in [3.63, 3.8) is 0 Å². The predicted octanol–water partition coefficient (Wildman–Crippen LogP) is 1.45. The molecule has 1 aromatic heterocycles. The van der Waals surface area contributed by atoms with Crippen LogP contribution in [0.15, 0.2) is 0 Å². The van der Waals surface area contributed by atoms with E-state index in [1.165, 1.54) is 0 Å². The van der Waals surface area contributed by atoms with Crippen molar-refractivity contribution in [3.8, 4) is 0 Å². The molecule has 0 spiro atoms. The average Bonchev–Trinajstić information content (AvgIpc) is 2.34. The topological polar surface area (TPSA) is 76.3 Å². The Morgan fingerprint density at radius 3 is 2.42 bits per heavy atom. The molecular formula is C13H25N5O. The van der Waals surface area contributed by atoms with Gasteiger partial charge in [-0.25, -0.2) is 15.8 Å². The first kappa shape index (κ1) is 15.7. The molecule has 6 heteroatoms. The van der Waals surface area contributed by atoms with Crippen LogP contribution in [0.25, 0.3) is 0 Å². The van der Waals surface area contributed by atoms with E-state index in [9.17, 15) is 0 Å². The summed E-state index contributed by atoms with van der Waals surface area (Å²) < 4.78 is 5.10. The van der Waals surface area contributed by atoms with E-state index in [4.69, 9.17) is 10.6 Å². The van der Waals surface area contributed by atoms with Crippen LogP contribution in [0.4, 0.5) is 11.6 Å². The summed E-state index contributed by atoms with van der Waals surface area (Å²) in [4.78, 5) is 11.2. The van der Waals surface area contributed by atoms with Crippen molar-refractivity contribution in [2.24, 2.45) is 5.84 Å². The summed E-state index contributed by atoms with van der Waals surface area (Å²) in [6.45, 7) is 9.61. The molecule has 0 unspecified atom stereocenters. The number of nitrogens with two attached hydrogens (primary N) is 1. The second-order valence-electron chi connectivity index (χ2n) is 5.65. The number of hydrazine groups is 1. The molecule has 0 fully saturated rings. The third-order valence-corrected chi connectivity index (χ3v) is 2.92. The minimum atomic E-state index is -0.129. The zero-order chi connectivity index (χ0) is 14.6. The molecule has 0 aliphatic rings. The Morgan fingerprint density at radius 1 is 1.32 bits per heavy atom. The number of anilines is 2. The first-order valence-corrected chi connectivity index (χ1v) is 6.37. The molecule has 1 aromatic rings. The third kappa shape index (κ3) is 3.78. The van der Waals surface area contributed by atoms with Crippen LogP contribution in [-0.2, 0) is 10.2 Å². The minimum absolute atomic E-state index is 0.129. The molecule has 3 N–H and O–H groups in total. The molecule has 6 nitrogen and oxygen atoms in total. The van der Waals surface area contributed by atoms with E-state index in [0.29, 0.717) is 12.4 Å². The van der Waals surface area contributed by atoms with Crippen LogP contribution in [0.2, 0.25) is 0 Å². The van der Waals surface area contributed by atoms with Crippen molar-refractivity contribution < 1.29 is 4.74 Å². The van der Waals surface area contributed by atoms with E-state index >= 15 is 0 Å². The summed E-state index contributed by atoms with van der Waals surface area (Å²) in [6, 6.07) is 0. The van der Waals surface area contributed by atoms with Gasteiger partial charge in [-0.3, -0.25) is 0 Å². The fourth-order valence-electron chi connectivity index (χ4n) is 1.69. The standard InChI is InChI=1S/C13H25N5O/c1-9-10(17-14)15-12(13(2,3)4)16-11(9)18(5)7-8-19-6/h7-8,14H2,1-6H3,(H,15,16,17). The summed E-state index contributed by atoms with van der Waals surface area (Å²) in [5.74, 6) is 7.86. The second kappa shape index (κ2) is 6.16. The summed E-state index contributed by atoms with van der Waals surface area (Å²) >= 11 is 0. The zero-order valence-electron chi connectivity index (χ0n) is 12.7. The Balaban J connectivity index is 3.21. The van der Waals surface area contributed by atoms with Gasteiger partial charge < -0.3 is 15.1 Å². The Hall–Kier alpha value is -1.40. The maximum absolute atomic E-state index is 5.55. The number of nitrogens with zero attached hydrogens (tertiary/aromatic N) is 3. The highest BCUT2D eigenvalue weighted by Crippen LogP contribution is 2.27.